The molecule has 1 aromatic carbocycles. The van der Waals surface area contributed by atoms with Crippen molar-refractivity contribution in [2.75, 3.05) is 6.61 Å². The fourth-order valence-electron chi connectivity index (χ4n) is 1.90. The van der Waals surface area contributed by atoms with Crippen LogP contribution in [0.2, 0.25) is 0 Å². The molecule has 0 saturated heterocycles. The zero-order valence-electron chi connectivity index (χ0n) is 12.3. The molecule has 1 aromatic heterocycles. The quantitative estimate of drug-likeness (QED) is 0.499. The first-order valence-electron chi connectivity index (χ1n) is 6.67. The van der Waals surface area contributed by atoms with Gasteiger partial charge in [-0.25, -0.2) is 4.79 Å². The Morgan fingerprint density at radius 1 is 1.35 bits per heavy atom. The largest absolute Gasteiger partial charge is 0.481 e. The van der Waals surface area contributed by atoms with E-state index < -0.39 is 12.6 Å². The summed E-state index contributed by atoms with van der Waals surface area (Å²) < 4.78 is 5.18. The van der Waals surface area contributed by atoms with Gasteiger partial charge in [0, 0.05) is 5.56 Å². The lowest BCUT2D eigenvalue weighted by atomic mass is 10.0. The first-order valence-corrected chi connectivity index (χ1v) is 7.55. The maximum absolute atomic E-state index is 12.4. The summed E-state index contributed by atoms with van der Waals surface area (Å²) in [7, 11) is 0. The Morgan fingerprint density at radius 3 is 2.70 bits per heavy atom. The van der Waals surface area contributed by atoms with Crippen LogP contribution in [0.1, 0.15) is 20.8 Å². The number of allylic oxidation sites excluding steroid dienone is 1. The van der Waals surface area contributed by atoms with E-state index in [0.29, 0.717) is 16.2 Å². The number of nitriles is 1. The molecule has 0 atom stereocenters. The summed E-state index contributed by atoms with van der Waals surface area (Å²) in [6.07, 6.45) is 1.42. The summed E-state index contributed by atoms with van der Waals surface area (Å²) in [5.74, 6) is -1.15. The predicted molar refractivity (Wildman–Crippen MR) is 86.5 cm³/mol. The number of carbonyl (C=O) groups excluding carboxylic acids is 1. The van der Waals surface area contributed by atoms with Crippen LogP contribution in [-0.4, -0.2) is 23.5 Å². The van der Waals surface area contributed by atoms with Crippen LogP contribution in [0.25, 0.3) is 6.08 Å². The molecule has 2 rings (SSSR count). The maximum Gasteiger partial charge on any atom is 0.341 e. The summed E-state index contributed by atoms with van der Waals surface area (Å²) in [6.45, 7) is 1.31. The van der Waals surface area contributed by atoms with Gasteiger partial charge in [-0.05, 0) is 36.1 Å². The lowest BCUT2D eigenvalue weighted by Crippen LogP contribution is -2.10. The van der Waals surface area contributed by atoms with Crippen LogP contribution in [0.3, 0.4) is 0 Å². The minimum Gasteiger partial charge on any atom is -0.481 e. The lowest BCUT2D eigenvalue weighted by Gasteiger charge is -2.07. The lowest BCUT2D eigenvalue weighted by molar-refractivity contribution is -0.139. The van der Waals surface area contributed by atoms with Crippen LogP contribution in [0.5, 0.6) is 5.75 Å². The topological polar surface area (TPSA) is 87.4 Å². The van der Waals surface area contributed by atoms with Crippen molar-refractivity contribution in [2.24, 2.45) is 0 Å². The molecule has 1 heterocycles. The van der Waals surface area contributed by atoms with Crippen molar-refractivity contribution >= 4 is 29.2 Å². The first-order chi connectivity index (χ1) is 11.0. The SMILES string of the molecule is Cc1ccsc1C(=O)/C(C#N)=C/c1ccccc1OCC(=O)O. The zero-order chi connectivity index (χ0) is 16.8. The number of thiophene rings is 1. The number of hydrogen-bond donors (Lipinski definition) is 1. The highest BCUT2D eigenvalue weighted by atomic mass is 32.1. The van der Waals surface area contributed by atoms with Gasteiger partial charge >= 0.3 is 5.97 Å². The number of carboxylic acids is 1. The molecule has 0 aliphatic rings. The molecule has 5 nitrogen and oxygen atoms in total. The molecule has 1 N–H and O–H groups in total. The van der Waals surface area contributed by atoms with E-state index in [-0.39, 0.29) is 11.4 Å². The Bertz CT molecular complexity index is 814. The molecule has 0 fully saturated rings. The molecule has 0 unspecified atom stereocenters. The number of benzene rings is 1. The molecule has 116 valence electrons. The zero-order valence-corrected chi connectivity index (χ0v) is 13.1. The number of aryl methyl sites for hydroxylation is 1. The number of carboxylic acid groups (broad SMARTS) is 1. The molecule has 23 heavy (non-hydrogen) atoms. The molecule has 0 aliphatic carbocycles. The molecule has 2 aromatic rings. The van der Waals surface area contributed by atoms with E-state index in [4.69, 9.17) is 9.84 Å². The number of nitrogens with zero attached hydrogens (tertiary/aromatic N) is 1. The van der Waals surface area contributed by atoms with E-state index in [9.17, 15) is 14.9 Å². The smallest absolute Gasteiger partial charge is 0.341 e. The van der Waals surface area contributed by atoms with Gasteiger partial charge in [0.1, 0.15) is 17.4 Å². The summed E-state index contributed by atoms with van der Waals surface area (Å²) in [6, 6.07) is 10.4. The predicted octanol–water partition coefficient (Wildman–Crippen LogP) is 3.31. The van der Waals surface area contributed by atoms with Crippen LogP contribution < -0.4 is 4.74 Å². The van der Waals surface area contributed by atoms with Crippen molar-refractivity contribution < 1.29 is 19.4 Å². The average Bonchev–Trinajstić information content (AvgIpc) is 2.96. The number of aliphatic carboxylic acids is 1. The van der Waals surface area contributed by atoms with E-state index in [2.05, 4.69) is 0 Å². The minimum absolute atomic E-state index is 0.0260. The Kier molecular flexibility index (Phi) is 5.28. The van der Waals surface area contributed by atoms with Gasteiger partial charge in [-0.15, -0.1) is 11.3 Å². The fourth-order valence-corrected chi connectivity index (χ4v) is 2.78. The van der Waals surface area contributed by atoms with E-state index in [1.807, 2.05) is 19.1 Å². The number of rotatable bonds is 6. The Morgan fingerprint density at radius 2 is 2.09 bits per heavy atom. The van der Waals surface area contributed by atoms with Crippen molar-refractivity contribution in [2.45, 2.75) is 6.92 Å². The summed E-state index contributed by atoms with van der Waals surface area (Å²) in [4.78, 5) is 23.6. The van der Waals surface area contributed by atoms with Gasteiger partial charge < -0.3 is 9.84 Å². The summed E-state index contributed by atoms with van der Waals surface area (Å²) in [5.41, 5.74) is 1.27. The molecule has 0 bridgehead atoms. The van der Waals surface area contributed by atoms with Crippen LogP contribution in [0.15, 0.2) is 41.3 Å². The Labute approximate surface area is 137 Å². The summed E-state index contributed by atoms with van der Waals surface area (Å²) >= 11 is 1.28. The molecule has 0 aliphatic heterocycles. The fraction of sp³-hybridized carbons (Fsp3) is 0.118. The van der Waals surface area contributed by atoms with Crippen molar-refractivity contribution in [3.8, 4) is 11.8 Å². The van der Waals surface area contributed by atoms with Crippen molar-refractivity contribution in [3.05, 3.63) is 57.3 Å². The highest BCUT2D eigenvalue weighted by Gasteiger charge is 2.16. The highest BCUT2D eigenvalue weighted by Crippen LogP contribution is 2.24. The van der Waals surface area contributed by atoms with E-state index in [0.717, 1.165) is 5.56 Å². The Balaban J connectivity index is 2.35. The van der Waals surface area contributed by atoms with Gasteiger partial charge in [-0.2, -0.15) is 5.26 Å². The van der Waals surface area contributed by atoms with E-state index in [1.54, 1.807) is 29.6 Å². The highest BCUT2D eigenvalue weighted by molar-refractivity contribution is 7.12. The number of ketones is 1. The second-order valence-corrected chi connectivity index (χ2v) is 5.57. The third kappa shape index (κ3) is 4.05. The molecule has 0 amide bonds. The van der Waals surface area contributed by atoms with Crippen molar-refractivity contribution in [1.29, 1.82) is 5.26 Å². The monoisotopic (exact) mass is 327 g/mol. The number of para-hydroxylation sites is 1. The van der Waals surface area contributed by atoms with Gasteiger partial charge in [0.25, 0.3) is 0 Å². The van der Waals surface area contributed by atoms with Crippen LogP contribution in [0, 0.1) is 18.3 Å². The standard InChI is InChI=1S/C17H13NO4S/c1-11-6-7-23-17(11)16(21)13(9-18)8-12-4-2-3-5-14(12)22-10-15(19)20/h2-8H,10H2,1H3,(H,19,20)/b13-8+. The molecule has 6 heteroatoms. The number of hydrogen-bond acceptors (Lipinski definition) is 5. The molecule has 0 radical (unpaired) electrons. The van der Waals surface area contributed by atoms with Crippen LogP contribution in [0.4, 0.5) is 0 Å². The van der Waals surface area contributed by atoms with Gasteiger partial charge in [0.05, 0.1) is 4.88 Å². The molecule has 0 spiro atoms. The van der Waals surface area contributed by atoms with Gasteiger partial charge in [0.15, 0.2) is 6.61 Å². The second-order valence-electron chi connectivity index (χ2n) is 4.65. The van der Waals surface area contributed by atoms with E-state index in [1.165, 1.54) is 17.4 Å². The molecule has 0 saturated carbocycles. The van der Waals surface area contributed by atoms with E-state index >= 15 is 0 Å². The van der Waals surface area contributed by atoms with Crippen LogP contribution in [-0.2, 0) is 4.79 Å². The normalized spacial score (nSPS) is 10.9. The number of Topliss-reactive ketones (excluding diaryl/α,β-unsaturated/α-hetero) is 1. The average molecular weight is 327 g/mol. The summed E-state index contributed by atoms with van der Waals surface area (Å²) in [5, 5.41) is 19.8. The van der Waals surface area contributed by atoms with Crippen molar-refractivity contribution in [1.82, 2.24) is 0 Å². The minimum atomic E-state index is -1.10. The molecular weight excluding hydrogens is 314 g/mol. The first kappa shape index (κ1) is 16.5. The second kappa shape index (κ2) is 7.38. The van der Waals surface area contributed by atoms with Crippen LogP contribution >= 0.6 is 11.3 Å². The number of ether oxygens (including phenoxy) is 1. The van der Waals surface area contributed by atoms with Gasteiger partial charge in [0.2, 0.25) is 5.78 Å². The molecular formula is C17H13NO4S. The van der Waals surface area contributed by atoms with Gasteiger partial charge in [-0.1, -0.05) is 18.2 Å². The van der Waals surface area contributed by atoms with Gasteiger partial charge in [-0.3, -0.25) is 4.79 Å². The third-order valence-corrected chi connectivity index (χ3v) is 4.02. The number of carbonyl (C=O) groups is 2. The van der Waals surface area contributed by atoms with Crippen molar-refractivity contribution in [3.63, 3.8) is 0 Å². The Hall–Kier alpha value is -2.91. The third-order valence-electron chi connectivity index (χ3n) is 3.00. The maximum atomic E-state index is 12.4.